The van der Waals surface area contributed by atoms with Crippen LogP contribution in [0.1, 0.15) is 49.0 Å². The van der Waals surface area contributed by atoms with Crippen LogP contribution in [0.3, 0.4) is 0 Å². The van der Waals surface area contributed by atoms with Crippen LogP contribution in [0.4, 0.5) is 5.69 Å². The number of anilines is 1. The zero-order valence-electron chi connectivity index (χ0n) is 16.1. The van der Waals surface area contributed by atoms with E-state index in [0.29, 0.717) is 28.1 Å². The Morgan fingerprint density at radius 3 is 2.57 bits per heavy atom. The SMILES string of the molecule is COc1cc2nn([C@H]3CC[C@H](C)CC3)cc2cc1NC(=O)c1ccc(Cl)cc1. The molecule has 0 spiro atoms. The molecule has 4 rings (SSSR count). The average Bonchev–Trinajstić information content (AvgIpc) is 3.11. The summed E-state index contributed by atoms with van der Waals surface area (Å²) in [4.78, 5) is 12.6. The molecule has 1 aromatic heterocycles. The first kappa shape index (κ1) is 18.8. The maximum Gasteiger partial charge on any atom is 0.255 e. The number of amides is 1. The van der Waals surface area contributed by atoms with Crippen molar-refractivity contribution in [1.82, 2.24) is 9.78 Å². The van der Waals surface area contributed by atoms with Gasteiger partial charge in [-0.2, -0.15) is 5.10 Å². The van der Waals surface area contributed by atoms with Crippen LogP contribution in [0.2, 0.25) is 5.02 Å². The molecule has 28 heavy (non-hydrogen) atoms. The van der Waals surface area contributed by atoms with E-state index in [1.54, 1.807) is 31.4 Å². The summed E-state index contributed by atoms with van der Waals surface area (Å²) in [5.74, 6) is 1.19. The summed E-state index contributed by atoms with van der Waals surface area (Å²) < 4.78 is 7.58. The normalized spacial score (nSPS) is 19.5. The molecule has 1 saturated carbocycles. The van der Waals surface area contributed by atoms with E-state index in [0.717, 1.165) is 29.7 Å². The summed E-state index contributed by atoms with van der Waals surface area (Å²) >= 11 is 5.90. The number of rotatable bonds is 4. The van der Waals surface area contributed by atoms with Crippen molar-refractivity contribution in [3.63, 3.8) is 0 Å². The summed E-state index contributed by atoms with van der Waals surface area (Å²) in [7, 11) is 1.60. The molecule has 0 bridgehead atoms. The van der Waals surface area contributed by atoms with Crippen molar-refractivity contribution in [2.75, 3.05) is 12.4 Å². The van der Waals surface area contributed by atoms with Crippen molar-refractivity contribution in [1.29, 1.82) is 0 Å². The highest BCUT2D eigenvalue weighted by atomic mass is 35.5. The minimum atomic E-state index is -0.206. The molecule has 1 amide bonds. The van der Waals surface area contributed by atoms with Gasteiger partial charge in [0.05, 0.1) is 24.4 Å². The Bertz CT molecular complexity index is 989. The molecular formula is C22H24ClN3O2. The number of carbonyl (C=O) groups is 1. The van der Waals surface area contributed by atoms with Gasteiger partial charge in [-0.25, -0.2) is 0 Å². The van der Waals surface area contributed by atoms with E-state index < -0.39 is 0 Å². The fraction of sp³-hybridized carbons (Fsp3) is 0.364. The van der Waals surface area contributed by atoms with Crippen LogP contribution in [-0.4, -0.2) is 22.8 Å². The second-order valence-electron chi connectivity index (χ2n) is 7.60. The molecule has 5 nitrogen and oxygen atoms in total. The molecule has 1 aliphatic carbocycles. The van der Waals surface area contributed by atoms with E-state index in [1.807, 2.05) is 12.1 Å². The van der Waals surface area contributed by atoms with E-state index in [2.05, 4.69) is 23.1 Å². The van der Waals surface area contributed by atoms with Crippen LogP contribution in [0.15, 0.2) is 42.6 Å². The highest BCUT2D eigenvalue weighted by Gasteiger charge is 2.21. The third kappa shape index (κ3) is 3.85. The van der Waals surface area contributed by atoms with Crippen molar-refractivity contribution in [2.45, 2.75) is 38.6 Å². The second-order valence-corrected chi connectivity index (χ2v) is 8.03. The van der Waals surface area contributed by atoms with Gasteiger partial charge in [0.15, 0.2) is 0 Å². The number of halogens is 1. The lowest BCUT2D eigenvalue weighted by Gasteiger charge is -2.26. The molecule has 0 saturated heterocycles. The molecule has 146 valence electrons. The Morgan fingerprint density at radius 2 is 1.89 bits per heavy atom. The van der Waals surface area contributed by atoms with Crippen LogP contribution in [0, 0.1) is 5.92 Å². The lowest BCUT2D eigenvalue weighted by Crippen LogP contribution is -2.16. The number of hydrogen-bond donors (Lipinski definition) is 1. The Balaban J connectivity index is 1.61. The molecule has 1 fully saturated rings. The van der Waals surface area contributed by atoms with Gasteiger partial charge in [0.2, 0.25) is 0 Å². The highest BCUT2D eigenvalue weighted by Crippen LogP contribution is 2.34. The van der Waals surface area contributed by atoms with Crippen molar-refractivity contribution >= 4 is 34.1 Å². The summed E-state index contributed by atoms with van der Waals surface area (Å²) in [5.41, 5.74) is 2.05. The van der Waals surface area contributed by atoms with Crippen molar-refractivity contribution in [3.8, 4) is 5.75 Å². The number of aromatic nitrogens is 2. The quantitative estimate of drug-likeness (QED) is 0.614. The van der Waals surface area contributed by atoms with E-state index in [-0.39, 0.29) is 5.91 Å². The highest BCUT2D eigenvalue weighted by molar-refractivity contribution is 6.30. The predicted octanol–water partition coefficient (Wildman–Crippen LogP) is 5.70. The number of methoxy groups -OCH3 is 1. The molecule has 1 heterocycles. The average molecular weight is 398 g/mol. The van der Waals surface area contributed by atoms with Crippen LogP contribution in [-0.2, 0) is 0 Å². The Kier molecular flexibility index (Phi) is 5.27. The van der Waals surface area contributed by atoms with E-state index >= 15 is 0 Å². The standard InChI is InChI=1S/C22H24ClN3O2/c1-14-3-9-18(10-4-14)26-13-16-11-20(21(28-2)12-19(16)25-26)24-22(27)15-5-7-17(23)8-6-15/h5-8,11-14,18H,3-4,9-10H2,1-2H3,(H,24,27)/t14-,18-. The van der Waals surface area contributed by atoms with Crippen molar-refractivity contribution in [2.24, 2.45) is 5.92 Å². The van der Waals surface area contributed by atoms with Gasteiger partial charge in [-0.05, 0) is 61.9 Å². The molecule has 6 heteroatoms. The second kappa shape index (κ2) is 7.84. The zero-order valence-corrected chi connectivity index (χ0v) is 16.9. The van der Waals surface area contributed by atoms with E-state index in [1.165, 1.54) is 12.8 Å². The van der Waals surface area contributed by atoms with Gasteiger partial charge in [-0.15, -0.1) is 0 Å². The first-order valence-electron chi connectivity index (χ1n) is 9.67. The maximum absolute atomic E-state index is 12.6. The van der Waals surface area contributed by atoms with E-state index in [4.69, 9.17) is 21.4 Å². The third-order valence-corrected chi connectivity index (χ3v) is 5.81. The molecule has 1 aliphatic rings. The Labute approximate surface area is 169 Å². The first-order chi connectivity index (χ1) is 13.5. The zero-order chi connectivity index (χ0) is 19.7. The number of carbonyl (C=O) groups excluding carboxylic acids is 1. The summed E-state index contributed by atoms with van der Waals surface area (Å²) in [6, 6.07) is 11.1. The molecule has 2 aromatic carbocycles. The fourth-order valence-electron chi connectivity index (χ4n) is 3.83. The molecule has 0 unspecified atom stereocenters. The lowest BCUT2D eigenvalue weighted by atomic mass is 9.87. The summed E-state index contributed by atoms with van der Waals surface area (Å²) in [6.07, 6.45) is 6.88. The van der Waals surface area contributed by atoms with Gasteiger partial charge in [0, 0.05) is 28.2 Å². The summed E-state index contributed by atoms with van der Waals surface area (Å²) in [5, 5.41) is 9.30. The minimum Gasteiger partial charge on any atom is -0.494 e. The Hall–Kier alpha value is -2.53. The van der Waals surface area contributed by atoms with Gasteiger partial charge in [0.1, 0.15) is 5.75 Å². The topological polar surface area (TPSA) is 56.1 Å². The molecule has 3 aromatic rings. The van der Waals surface area contributed by atoms with Gasteiger partial charge >= 0.3 is 0 Å². The fourth-order valence-corrected chi connectivity index (χ4v) is 3.95. The molecule has 0 aliphatic heterocycles. The number of nitrogens with one attached hydrogen (secondary N) is 1. The third-order valence-electron chi connectivity index (χ3n) is 5.56. The maximum atomic E-state index is 12.6. The number of nitrogens with zero attached hydrogens (tertiary/aromatic N) is 2. The largest absolute Gasteiger partial charge is 0.494 e. The minimum absolute atomic E-state index is 0.206. The molecule has 1 N–H and O–H groups in total. The van der Waals surface area contributed by atoms with Gasteiger partial charge in [0.25, 0.3) is 5.91 Å². The van der Waals surface area contributed by atoms with Gasteiger partial charge in [-0.3, -0.25) is 9.48 Å². The number of benzene rings is 2. The number of ether oxygens (including phenoxy) is 1. The molecular weight excluding hydrogens is 374 g/mol. The van der Waals surface area contributed by atoms with Crippen LogP contribution in [0.5, 0.6) is 5.75 Å². The van der Waals surface area contributed by atoms with Crippen molar-refractivity contribution in [3.05, 3.63) is 53.2 Å². The molecule has 0 radical (unpaired) electrons. The van der Waals surface area contributed by atoms with Gasteiger partial charge in [-0.1, -0.05) is 18.5 Å². The summed E-state index contributed by atoms with van der Waals surface area (Å²) in [6.45, 7) is 2.32. The number of hydrogen-bond acceptors (Lipinski definition) is 3. The van der Waals surface area contributed by atoms with Crippen LogP contribution < -0.4 is 10.1 Å². The first-order valence-corrected chi connectivity index (χ1v) is 10.0. The smallest absolute Gasteiger partial charge is 0.255 e. The van der Waals surface area contributed by atoms with Crippen LogP contribution >= 0.6 is 11.6 Å². The lowest BCUT2D eigenvalue weighted by molar-refractivity contribution is 0.102. The Morgan fingerprint density at radius 1 is 1.18 bits per heavy atom. The van der Waals surface area contributed by atoms with Gasteiger partial charge < -0.3 is 10.1 Å². The number of fused-ring (bicyclic) bond motifs is 1. The van der Waals surface area contributed by atoms with E-state index in [9.17, 15) is 4.79 Å². The molecule has 0 atom stereocenters. The predicted molar refractivity (Wildman–Crippen MR) is 112 cm³/mol. The van der Waals surface area contributed by atoms with Crippen LogP contribution in [0.25, 0.3) is 10.9 Å². The van der Waals surface area contributed by atoms with Crippen molar-refractivity contribution < 1.29 is 9.53 Å². The monoisotopic (exact) mass is 397 g/mol.